The lowest BCUT2D eigenvalue weighted by molar-refractivity contribution is -0.254. The SMILES string of the molecule is C=CCO[C@@]12Oc3ccc(OC(=O)Nc4ccc(OC)cc4OC)cc3[C@H]3[C@H](CCCCO)[C@@H](CCCCO)C=C(C(=NOC)C[C@@H]1N(CCOCCO)C(=O)c1ccc(C#N)cc1)[C@H]32. The molecule has 348 valence electrons. The Hall–Kier alpha value is -5.96. The van der Waals surface area contributed by atoms with Gasteiger partial charge in [-0.3, -0.25) is 10.1 Å². The summed E-state index contributed by atoms with van der Waals surface area (Å²) < 4.78 is 36.8. The number of nitrogens with one attached hydrogen (secondary N) is 1. The van der Waals surface area contributed by atoms with E-state index in [9.17, 15) is 30.2 Å². The molecule has 3 aromatic carbocycles. The molecule has 0 aromatic heterocycles. The highest BCUT2D eigenvalue weighted by atomic mass is 16.7. The van der Waals surface area contributed by atoms with Gasteiger partial charge in [0.2, 0.25) is 5.79 Å². The smallest absolute Gasteiger partial charge is 0.417 e. The predicted molar refractivity (Wildman–Crippen MR) is 241 cm³/mol. The Kier molecular flexibility index (Phi) is 17.4. The van der Waals surface area contributed by atoms with Gasteiger partial charge in [0, 0.05) is 49.3 Å². The number of fused-ring (bicyclic) bond motifs is 2. The number of carbonyl (C=O) groups is 2. The maximum atomic E-state index is 15.0. The maximum absolute atomic E-state index is 15.0. The van der Waals surface area contributed by atoms with Crippen molar-refractivity contribution in [3.8, 4) is 29.1 Å². The number of ether oxygens (including phenoxy) is 6. The van der Waals surface area contributed by atoms with Crippen LogP contribution in [0.4, 0.5) is 10.5 Å². The molecule has 2 aliphatic carbocycles. The van der Waals surface area contributed by atoms with Crippen LogP contribution in [0.2, 0.25) is 0 Å². The van der Waals surface area contributed by atoms with Crippen molar-refractivity contribution in [3.63, 3.8) is 0 Å². The van der Waals surface area contributed by atoms with Crippen molar-refractivity contribution in [3.05, 3.63) is 102 Å². The Bertz CT molecular complexity index is 2210. The fraction of sp³-hybridized carbons (Fsp3) is 0.469. The summed E-state index contributed by atoms with van der Waals surface area (Å²) in [6.45, 7) is 4.09. The van der Waals surface area contributed by atoms with E-state index in [4.69, 9.17) is 33.3 Å². The Balaban J connectivity index is 1.53. The molecule has 1 aliphatic heterocycles. The largest absolute Gasteiger partial charge is 0.497 e. The van der Waals surface area contributed by atoms with Crippen molar-refractivity contribution in [2.75, 3.05) is 72.8 Å². The van der Waals surface area contributed by atoms with Gasteiger partial charge in [-0.2, -0.15) is 5.26 Å². The molecular formula is C49H60N4O12. The van der Waals surface area contributed by atoms with Crippen LogP contribution < -0.4 is 24.3 Å². The van der Waals surface area contributed by atoms with E-state index in [1.165, 1.54) is 21.3 Å². The average Bonchev–Trinajstić information content (AvgIpc) is 3.32. The van der Waals surface area contributed by atoms with Gasteiger partial charge in [-0.15, -0.1) is 6.58 Å². The van der Waals surface area contributed by atoms with Gasteiger partial charge in [-0.1, -0.05) is 30.1 Å². The molecule has 0 unspecified atom stereocenters. The minimum atomic E-state index is -1.57. The quantitative estimate of drug-likeness (QED) is 0.0450. The fourth-order valence-electron chi connectivity index (χ4n) is 9.55. The first-order valence-corrected chi connectivity index (χ1v) is 22.0. The number of nitrogens with zero attached hydrogens (tertiary/aromatic N) is 3. The zero-order valence-electron chi connectivity index (χ0n) is 37.3. The summed E-state index contributed by atoms with van der Waals surface area (Å²) in [5, 5.41) is 46.3. The zero-order valence-corrected chi connectivity index (χ0v) is 37.3. The van der Waals surface area contributed by atoms with Crippen LogP contribution in [-0.2, 0) is 14.3 Å². The lowest BCUT2D eigenvalue weighted by Gasteiger charge is -2.60. The number of allylic oxidation sites excluding steroid dienone is 1. The van der Waals surface area contributed by atoms with Gasteiger partial charge in [0.25, 0.3) is 5.91 Å². The summed E-state index contributed by atoms with van der Waals surface area (Å²) in [6.07, 6.45) is 7.32. The average molecular weight is 897 g/mol. The predicted octanol–water partition coefficient (Wildman–Crippen LogP) is 6.60. The molecule has 0 radical (unpaired) electrons. The number of rotatable bonds is 23. The van der Waals surface area contributed by atoms with E-state index in [2.05, 4.69) is 29.2 Å². The van der Waals surface area contributed by atoms with E-state index < -0.39 is 29.8 Å². The third kappa shape index (κ3) is 10.9. The molecule has 0 bridgehead atoms. The van der Waals surface area contributed by atoms with Crippen molar-refractivity contribution in [1.29, 1.82) is 5.26 Å². The summed E-state index contributed by atoms with van der Waals surface area (Å²) in [6, 6.07) is 17.8. The first-order chi connectivity index (χ1) is 31.7. The Morgan fingerprint density at radius 1 is 0.954 bits per heavy atom. The molecule has 1 fully saturated rings. The van der Waals surface area contributed by atoms with Crippen LogP contribution >= 0.6 is 0 Å². The van der Waals surface area contributed by atoms with Gasteiger partial charge in [-0.05, 0) is 97.7 Å². The third-order valence-corrected chi connectivity index (χ3v) is 12.3. The van der Waals surface area contributed by atoms with Crippen LogP contribution in [0, 0.1) is 29.1 Å². The van der Waals surface area contributed by atoms with E-state index in [1.54, 1.807) is 65.6 Å². The summed E-state index contributed by atoms with van der Waals surface area (Å²) in [7, 11) is 4.49. The molecule has 1 heterocycles. The minimum absolute atomic E-state index is 0.0206. The molecule has 1 saturated carbocycles. The molecule has 16 nitrogen and oxygen atoms in total. The van der Waals surface area contributed by atoms with Crippen LogP contribution in [0.15, 0.2) is 90.1 Å². The number of methoxy groups -OCH3 is 2. The number of carbonyl (C=O) groups excluding carboxylic acids is 2. The number of hydrogen-bond acceptors (Lipinski definition) is 14. The molecule has 6 rings (SSSR count). The number of aliphatic hydroxyl groups is 3. The van der Waals surface area contributed by atoms with Crippen LogP contribution in [0.25, 0.3) is 0 Å². The molecule has 3 aromatic rings. The van der Waals surface area contributed by atoms with Crippen molar-refractivity contribution in [2.24, 2.45) is 22.9 Å². The van der Waals surface area contributed by atoms with Gasteiger partial charge >= 0.3 is 6.09 Å². The number of oxime groups is 1. The molecule has 65 heavy (non-hydrogen) atoms. The Morgan fingerprint density at radius 2 is 1.71 bits per heavy atom. The number of benzene rings is 3. The molecule has 3 aliphatic rings. The number of nitriles is 1. The zero-order chi connectivity index (χ0) is 46.3. The number of unbranched alkanes of at least 4 members (excludes halogenated alkanes) is 2. The van der Waals surface area contributed by atoms with Gasteiger partial charge in [0.05, 0.1) is 69.6 Å². The number of hydrogen-bond donors (Lipinski definition) is 4. The van der Waals surface area contributed by atoms with Crippen LogP contribution in [0.5, 0.6) is 23.0 Å². The monoisotopic (exact) mass is 896 g/mol. The highest BCUT2D eigenvalue weighted by molar-refractivity contribution is 6.03. The topological polar surface area (TPSA) is 211 Å². The van der Waals surface area contributed by atoms with Crippen LogP contribution in [0.1, 0.15) is 72.3 Å². The highest BCUT2D eigenvalue weighted by Crippen LogP contribution is 2.62. The van der Waals surface area contributed by atoms with Crippen molar-refractivity contribution in [1.82, 2.24) is 4.90 Å². The molecule has 6 atom stereocenters. The van der Waals surface area contributed by atoms with Gasteiger partial charge in [0.1, 0.15) is 36.1 Å². The van der Waals surface area contributed by atoms with Crippen LogP contribution in [-0.4, -0.2) is 117 Å². The molecule has 0 saturated heterocycles. The fourth-order valence-corrected chi connectivity index (χ4v) is 9.55. The Morgan fingerprint density at radius 3 is 2.38 bits per heavy atom. The molecule has 0 spiro atoms. The Labute approximate surface area is 380 Å². The second-order valence-corrected chi connectivity index (χ2v) is 16.1. The second-order valence-electron chi connectivity index (χ2n) is 16.1. The van der Waals surface area contributed by atoms with Crippen LogP contribution in [0.3, 0.4) is 0 Å². The summed E-state index contributed by atoms with van der Waals surface area (Å²) in [4.78, 5) is 35.7. The number of aliphatic hydroxyl groups excluding tert-OH is 3. The van der Waals surface area contributed by atoms with Gasteiger partial charge in [-0.25, -0.2) is 4.79 Å². The lowest BCUT2D eigenvalue weighted by atomic mass is 9.55. The number of amides is 2. The summed E-state index contributed by atoms with van der Waals surface area (Å²) in [5.41, 5.74) is 3.26. The summed E-state index contributed by atoms with van der Waals surface area (Å²) in [5.74, 6) is -1.45. The molecule has 16 heteroatoms. The molecular weight excluding hydrogens is 837 g/mol. The first-order valence-electron chi connectivity index (χ1n) is 22.0. The molecule has 2 amide bonds. The van der Waals surface area contributed by atoms with Gasteiger partial charge < -0.3 is 53.5 Å². The normalized spacial score (nSPS) is 22.3. The highest BCUT2D eigenvalue weighted by Gasteiger charge is 2.65. The van der Waals surface area contributed by atoms with Gasteiger partial charge in [0.15, 0.2) is 0 Å². The standard InChI is InChI=1S/C49H60N4O12/c1-5-24-63-49-44(53(20-25-62-26-23-56)47(57)33-14-12-32(31-50)13-15-33)30-41(52-61-4)38-27-34(10-6-8-21-54)37(11-7-9-22-55)45(46(38)49)39-28-36(17-19-42(39)65-49)64-48(58)51-40-18-16-35(59-2)29-43(40)60-3/h5,12-19,27-29,34,37,44-46,54-56H,1,6-11,20-26,30H2,2-4H3,(H,51,58)/t34-,37+,44-,45+,46+,49+/m0/s1. The third-order valence-electron chi connectivity index (χ3n) is 12.3. The lowest BCUT2D eigenvalue weighted by Crippen LogP contribution is -2.70. The van der Waals surface area contributed by atoms with E-state index in [0.29, 0.717) is 65.5 Å². The van der Waals surface area contributed by atoms with E-state index in [-0.39, 0.29) is 76.1 Å². The van der Waals surface area contributed by atoms with Crippen molar-refractivity contribution >= 4 is 23.4 Å². The van der Waals surface area contributed by atoms with Crippen molar-refractivity contribution < 1.29 is 58.2 Å². The van der Waals surface area contributed by atoms with E-state index in [0.717, 1.165) is 24.0 Å². The molecule has 4 N–H and O–H groups in total. The van der Waals surface area contributed by atoms with E-state index >= 15 is 0 Å². The second kappa shape index (κ2) is 23.3. The van der Waals surface area contributed by atoms with Crippen molar-refractivity contribution in [2.45, 2.75) is 62.7 Å². The van der Waals surface area contributed by atoms with E-state index in [1.807, 2.05) is 6.07 Å². The maximum Gasteiger partial charge on any atom is 0.417 e. The summed E-state index contributed by atoms with van der Waals surface area (Å²) >= 11 is 0. The minimum Gasteiger partial charge on any atom is -0.497 e. The number of anilines is 1. The first kappa shape index (κ1) is 48.5.